The average molecular weight is 246 g/mol. The van der Waals surface area contributed by atoms with Gasteiger partial charge in [0.15, 0.2) is 0 Å². The second-order valence-electron chi connectivity index (χ2n) is 3.88. The van der Waals surface area contributed by atoms with Gasteiger partial charge in [-0.25, -0.2) is 0 Å². The Morgan fingerprint density at radius 3 is 2.89 bits per heavy atom. The summed E-state index contributed by atoms with van der Waals surface area (Å²) in [5.41, 5.74) is 6.57. The van der Waals surface area contributed by atoms with Crippen LogP contribution in [-0.4, -0.2) is 32.2 Å². The zero-order valence-electron chi connectivity index (χ0n) is 10.7. The van der Waals surface area contributed by atoms with Crippen LogP contribution in [0.3, 0.4) is 0 Å². The molecule has 0 heterocycles. The first-order chi connectivity index (χ1) is 8.69. The van der Waals surface area contributed by atoms with Crippen LogP contribution in [0.4, 0.5) is 0 Å². The molecular weight excluding hydrogens is 228 g/mol. The van der Waals surface area contributed by atoms with Crippen molar-refractivity contribution >= 4 is 5.91 Å². The Kier molecular flexibility index (Phi) is 5.92. The predicted octanol–water partition coefficient (Wildman–Crippen LogP) is 0.762. The molecule has 1 amide bonds. The van der Waals surface area contributed by atoms with Crippen LogP contribution in [0.2, 0.25) is 0 Å². The van der Waals surface area contributed by atoms with Gasteiger partial charge < -0.3 is 15.8 Å². The summed E-state index contributed by atoms with van der Waals surface area (Å²) < 4.78 is 4.98. The summed E-state index contributed by atoms with van der Waals surface area (Å²) in [6.07, 6.45) is 0. The minimum Gasteiger partial charge on any atom is -0.383 e. The molecule has 0 aliphatic rings. The number of benzene rings is 1. The highest BCUT2D eigenvalue weighted by Crippen LogP contribution is 2.07. The van der Waals surface area contributed by atoms with Crippen molar-refractivity contribution in [1.82, 2.24) is 5.32 Å². The molecule has 0 bridgehead atoms. The normalized spacial score (nSPS) is 11.3. The molecule has 0 saturated heterocycles. The number of hydrogen-bond acceptors (Lipinski definition) is 3. The maximum atomic E-state index is 12.0. The second kappa shape index (κ2) is 7.49. The van der Waals surface area contributed by atoms with E-state index in [0.29, 0.717) is 17.7 Å². The van der Waals surface area contributed by atoms with Crippen LogP contribution in [-0.2, 0) is 4.74 Å². The number of carbonyl (C=O) groups is 1. The first-order valence-corrected chi connectivity index (χ1v) is 5.76. The molecule has 1 unspecified atom stereocenters. The highest BCUT2D eigenvalue weighted by atomic mass is 16.5. The molecule has 1 atom stereocenters. The Bertz CT molecular complexity index is 460. The van der Waals surface area contributed by atoms with E-state index in [2.05, 4.69) is 17.2 Å². The van der Waals surface area contributed by atoms with E-state index in [-0.39, 0.29) is 18.5 Å². The van der Waals surface area contributed by atoms with Gasteiger partial charge in [-0.15, -0.1) is 0 Å². The molecule has 0 radical (unpaired) electrons. The zero-order chi connectivity index (χ0) is 13.4. The van der Waals surface area contributed by atoms with Gasteiger partial charge in [-0.1, -0.05) is 24.0 Å². The highest BCUT2D eigenvalue weighted by Gasteiger charge is 2.12. The van der Waals surface area contributed by atoms with Crippen molar-refractivity contribution in [3.63, 3.8) is 0 Å². The maximum Gasteiger partial charge on any atom is 0.252 e. The van der Waals surface area contributed by atoms with Gasteiger partial charge in [0.1, 0.15) is 0 Å². The fourth-order valence-electron chi connectivity index (χ4n) is 1.53. The molecule has 1 aromatic rings. The summed E-state index contributed by atoms with van der Waals surface area (Å²) in [5, 5.41) is 2.85. The summed E-state index contributed by atoms with van der Waals surface area (Å²) in [7, 11) is 1.60. The molecule has 18 heavy (non-hydrogen) atoms. The quantitative estimate of drug-likeness (QED) is 0.771. The predicted molar refractivity (Wildman–Crippen MR) is 71.2 cm³/mol. The van der Waals surface area contributed by atoms with Gasteiger partial charge >= 0.3 is 0 Å². The van der Waals surface area contributed by atoms with E-state index in [1.807, 2.05) is 19.1 Å². The largest absolute Gasteiger partial charge is 0.383 e. The molecule has 4 nitrogen and oxygen atoms in total. The van der Waals surface area contributed by atoms with Gasteiger partial charge in [0.05, 0.1) is 18.7 Å². The van der Waals surface area contributed by atoms with Gasteiger partial charge in [-0.05, 0) is 19.1 Å². The monoisotopic (exact) mass is 246 g/mol. The molecular formula is C14H18N2O2. The lowest BCUT2D eigenvalue weighted by atomic mass is 10.1. The SMILES string of the molecule is COCC(C)NC(=O)c1ccccc1C#CCN. The smallest absolute Gasteiger partial charge is 0.252 e. The van der Waals surface area contributed by atoms with E-state index in [9.17, 15) is 4.79 Å². The average Bonchev–Trinajstić information content (AvgIpc) is 2.36. The number of methoxy groups -OCH3 is 1. The molecule has 1 rings (SSSR count). The first kappa shape index (κ1) is 14.2. The lowest BCUT2D eigenvalue weighted by Gasteiger charge is -2.13. The Balaban J connectivity index is 2.85. The number of ether oxygens (including phenoxy) is 1. The zero-order valence-corrected chi connectivity index (χ0v) is 10.7. The minimum atomic E-state index is -0.151. The summed E-state index contributed by atoms with van der Waals surface area (Å²) in [6.45, 7) is 2.63. The Morgan fingerprint density at radius 2 is 2.22 bits per heavy atom. The molecule has 0 saturated carbocycles. The van der Waals surface area contributed by atoms with Crippen LogP contribution in [0.15, 0.2) is 24.3 Å². The van der Waals surface area contributed by atoms with Crippen molar-refractivity contribution in [1.29, 1.82) is 0 Å². The summed E-state index contributed by atoms with van der Waals surface area (Å²) in [5.74, 6) is 5.49. The molecule has 96 valence electrons. The molecule has 0 fully saturated rings. The van der Waals surface area contributed by atoms with Gasteiger partial charge in [0, 0.05) is 18.7 Å². The third-order valence-corrected chi connectivity index (χ3v) is 2.29. The third-order valence-electron chi connectivity index (χ3n) is 2.29. The fourth-order valence-corrected chi connectivity index (χ4v) is 1.53. The standard InChI is InChI=1S/C14H18N2O2/c1-11(10-18-2)16-14(17)13-8-4-3-6-12(13)7-5-9-15/h3-4,6,8,11H,9-10,15H2,1-2H3,(H,16,17). The van der Waals surface area contributed by atoms with E-state index >= 15 is 0 Å². The molecule has 1 aromatic carbocycles. The van der Waals surface area contributed by atoms with E-state index in [1.54, 1.807) is 19.2 Å². The number of hydrogen-bond donors (Lipinski definition) is 2. The van der Waals surface area contributed by atoms with Crippen molar-refractivity contribution in [2.45, 2.75) is 13.0 Å². The maximum absolute atomic E-state index is 12.0. The second-order valence-corrected chi connectivity index (χ2v) is 3.88. The molecule has 0 aliphatic heterocycles. The summed E-state index contributed by atoms with van der Waals surface area (Å²) in [6, 6.07) is 7.16. The van der Waals surface area contributed by atoms with Gasteiger partial charge in [0.2, 0.25) is 0 Å². The van der Waals surface area contributed by atoms with Crippen LogP contribution >= 0.6 is 0 Å². The van der Waals surface area contributed by atoms with E-state index < -0.39 is 0 Å². The number of nitrogens with one attached hydrogen (secondary N) is 1. The van der Waals surface area contributed by atoms with Crippen LogP contribution in [0, 0.1) is 11.8 Å². The van der Waals surface area contributed by atoms with Crippen molar-refractivity contribution in [2.24, 2.45) is 5.73 Å². The highest BCUT2D eigenvalue weighted by molar-refractivity contribution is 5.96. The van der Waals surface area contributed by atoms with Crippen molar-refractivity contribution in [3.05, 3.63) is 35.4 Å². The Morgan fingerprint density at radius 1 is 1.50 bits per heavy atom. The van der Waals surface area contributed by atoms with E-state index in [0.717, 1.165) is 0 Å². The number of nitrogens with two attached hydrogens (primary N) is 1. The van der Waals surface area contributed by atoms with Crippen LogP contribution in [0.25, 0.3) is 0 Å². The van der Waals surface area contributed by atoms with Crippen molar-refractivity contribution in [2.75, 3.05) is 20.3 Å². The Hall–Kier alpha value is -1.83. The minimum absolute atomic E-state index is 0.0435. The van der Waals surface area contributed by atoms with Crippen molar-refractivity contribution in [3.8, 4) is 11.8 Å². The number of amides is 1. The summed E-state index contributed by atoms with van der Waals surface area (Å²) in [4.78, 5) is 12.0. The molecule has 0 spiro atoms. The first-order valence-electron chi connectivity index (χ1n) is 5.76. The lowest BCUT2D eigenvalue weighted by Crippen LogP contribution is -2.35. The van der Waals surface area contributed by atoms with Gasteiger partial charge in [0.25, 0.3) is 5.91 Å². The third kappa shape index (κ3) is 4.21. The van der Waals surface area contributed by atoms with Crippen molar-refractivity contribution < 1.29 is 9.53 Å². The molecule has 0 aromatic heterocycles. The summed E-state index contributed by atoms with van der Waals surface area (Å²) >= 11 is 0. The van der Waals surface area contributed by atoms with Crippen LogP contribution < -0.4 is 11.1 Å². The lowest BCUT2D eigenvalue weighted by molar-refractivity contribution is 0.0905. The van der Waals surface area contributed by atoms with E-state index in [1.165, 1.54) is 0 Å². The molecule has 0 aliphatic carbocycles. The number of rotatable bonds is 4. The number of carbonyl (C=O) groups excluding carboxylic acids is 1. The van der Waals surface area contributed by atoms with Crippen LogP contribution in [0.1, 0.15) is 22.8 Å². The Labute approximate surface area is 108 Å². The topological polar surface area (TPSA) is 64.3 Å². The molecule has 3 N–H and O–H groups in total. The van der Waals surface area contributed by atoms with Gasteiger partial charge in [-0.3, -0.25) is 4.79 Å². The van der Waals surface area contributed by atoms with E-state index in [4.69, 9.17) is 10.5 Å². The van der Waals surface area contributed by atoms with Crippen LogP contribution in [0.5, 0.6) is 0 Å². The van der Waals surface area contributed by atoms with Gasteiger partial charge in [-0.2, -0.15) is 0 Å². The molecule has 4 heteroatoms. The fraction of sp³-hybridized carbons (Fsp3) is 0.357.